The van der Waals surface area contributed by atoms with Gasteiger partial charge in [-0.1, -0.05) is 17.7 Å². The minimum atomic E-state index is -0.507. The van der Waals surface area contributed by atoms with Crippen molar-refractivity contribution in [1.29, 1.82) is 0 Å². The molecule has 2 aromatic rings. The molecule has 0 atom stereocenters. The highest BCUT2D eigenvalue weighted by Crippen LogP contribution is 2.21. The Morgan fingerprint density at radius 2 is 2.12 bits per heavy atom. The van der Waals surface area contributed by atoms with Gasteiger partial charge in [0.1, 0.15) is 5.56 Å². The lowest BCUT2D eigenvalue weighted by molar-refractivity contribution is 0.0396. The molecule has 0 unspecified atom stereocenters. The largest absolute Gasteiger partial charge is 0.494 e. The maximum Gasteiger partial charge on any atom is 0.264 e. The number of nitrogens with one attached hydrogen (secondary N) is 1. The van der Waals surface area contributed by atoms with Crippen LogP contribution in [0.3, 0.4) is 0 Å². The van der Waals surface area contributed by atoms with E-state index in [-0.39, 0.29) is 16.2 Å². The number of benzene rings is 1. The van der Waals surface area contributed by atoms with E-state index in [9.17, 15) is 9.90 Å². The van der Waals surface area contributed by atoms with E-state index in [4.69, 9.17) is 28.6 Å². The molecule has 1 aromatic heterocycles. The predicted octanol–water partition coefficient (Wildman–Crippen LogP) is 1.92. The van der Waals surface area contributed by atoms with Crippen molar-refractivity contribution in [1.82, 2.24) is 14.6 Å². The minimum Gasteiger partial charge on any atom is -0.494 e. The van der Waals surface area contributed by atoms with E-state index in [1.54, 1.807) is 29.3 Å². The lowest BCUT2D eigenvalue weighted by atomic mass is 10.3. The molecule has 126 valence electrons. The van der Waals surface area contributed by atoms with Crippen LogP contribution in [0.1, 0.15) is 5.56 Å². The maximum atomic E-state index is 12.1. The van der Waals surface area contributed by atoms with Crippen molar-refractivity contribution in [2.24, 2.45) is 5.10 Å². The van der Waals surface area contributed by atoms with Crippen LogP contribution in [-0.2, 0) is 4.74 Å². The fourth-order valence-corrected chi connectivity index (χ4v) is 2.79. The molecule has 3 rings (SSSR count). The molecule has 0 amide bonds. The number of aromatic amines is 1. The smallest absolute Gasteiger partial charge is 0.264 e. The van der Waals surface area contributed by atoms with Gasteiger partial charge < -0.3 is 9.84 Å². The summed E-state index contributed by atoms with van der Waals surface area (Å²) in [6.45, 7) is 2.41. The molecule has 0 spiro atoms. The summed E-state index contributed by atoms with van der Waals surface area (Å²) >= 11 is 11.1. The Hall–Kier alpha value is -2.16. The van der Waals surface area contributed by atoms with Crippen molar-refractivity contribution < 1.29 is 9.84 Å². The molecule has 2 N–H and O–H groups in total. The van der Waals surface area contributed by atoms with E-state index in [1.807, 2.05) is 0 Å². The molecule has 9 heteroatoms. The molecule has 7 nitrogen and oxygen atoms in total. The van der Waals surface area contributed by atoms with Crippen LogP contribution in [0.5, 0.6) is 5.88 Å². The van der Waals surface area contributed by atoms with Crippen molar-refractivity contribution in [3.8, 4) is 11.6 Å². The van der Waals surface area contributed by atoms with E-state index < -0.39 is 5.56 Å². The van der Waals surface area contributed by atoms with Crippen LogP contribution in [0, 0.1) is 4.77 Å². The standard InChI is InChI=1S/C15H15ClN4O3S/c16-10-2-1-3-11(8-10)20-14(22)12(13(21)18-15(20)24)9-17-19-4-6-23-7-5-19/h1-3,8-9,22H,4-7H2,(H,18,21,24)/b17-9+. The molecule has 1 saturated heterocycles. The van der Waals surface area contributed by atoms with Crippen LogP contribution in [0.4, 0.5) is 0 Å². The lowest BCUT2D eigenvalue weighted by Crippen LogP contribution is -2.32. The Bertz CT molecular complexity index is 887. The summed E-state index contributed by atoms with van der Waals surface area (Å²) in [4.78, 5) is 14.7. The number of aromatic nitrogens is 2. The molecule has 1 fully saturated rings. The zero-order valence-corrected chi connectivity index (χ0v) is 14.2. The van der Waals surface area contributed by atoms with Gasteiger partial charge in [0.25, 0.3) is 5.56 Å². The van der Waals surface area contributed by atoms with Gasteiger partial charge in [0.2, 0.25) is 5.88 Å². The molecule has 0 radical (unpaired) electrons. The van der Waals surface area contributed by atoms with Crippen LogP contribution in [0.25, 0.3) is 5.69 Å². The first-order valence-corrected chi connectivity index (χ1v) is 8.06. The molecular weight excluding hydrogens is 352 g/mol. The van der Waals surface area contributed by atoms with Gasteiger partial charge in [0.05, 0.1) is 38.2 Å². The fourth-order valence-electron chi connectivity index (χ4n) is 2.32. The summed E-state index contributed by atoms with van der Waals surface area (Å²) in [5.74, 6) is -0.289. The third-order valence-electron chi connectivity index (χ3n) is 3.52. The van der Waals surface area contributed by atoms with E-state index >= 15 is 0 Å². The van der Waals surface area contributed by atoms with Crippen LogP contribution >= 0.6 is 23.8 Å². The van der Waals surface area contributed by atoms with E-state index in [1.165, 1.54) is 10.8 Å². The van der Waals surface area contributed by atoms with Gasteiger partial charge in [-0.3, -0.25) is 19.4 Å². The Kier molecular flexibility index (Phi) is 4.98. The Morgan fingerprint density at radius 1 is 1.38 bits per heavy atom. The highest BCUT2D eigenvalue weighted by atomic mass is 35.5. The molecule has 0 saturated carbocycles. The van der Waals surface area contributed by atoms with Crippen LogP contribution in [-0.4, -0.2) is 52.2 Å². The lowest BCUT2D eigenvalue weighted by Gasteiger charge is -2.23. The number of hydrogen-bond acceptors (Lipinski definition) is 6. The zero-order valence-electron chi connectivity index (χ0n) is 12.6. The highest BCUT2D eigenvalue weighted by molar-refractivity contribution is 7.71. The number of morpholine rings is 1. The van der Waals surface area contributed by atoms with Crippen molar-refractivity contribution in [2.75, 3.05) is 26.3 Å². The number of nitrogens with zero attached hydrogens (tertiary/aromatic N) is 3. The average molecular weight is 367 g/mol. The van der Waals surface area contributed by atoms with Crippen molar-refractivity contribution in [3.63, 3.8) is 0 Å². The number of H-pyrrole nitrogens is 1. The maximum absolute atomic E-state index is 12.1. The van der Waals surface area contributed by atoms with Gasteiger partial charge in [-0.05, 0) is 30.4 Å². The first kappa shape index (κ1) is 16.7. The Labute approximate surface area is 147 Å². The second-order valence-electron chi connectivity index (χ2n) is 5.12. The van der Waals surface area contributed by atoms with Gasteiger partial charge >= 0.3 is 0 Å². The van der Waals surface area contributed by atoms with Crippen LogP contribution in [0.15, 0.2) is 34.2 Å². The SMILES string of the molecule is O=c1[nH]c(=S)n(-c2cccc(Cl)c2)c(O)c1/C=N/N1CCOCC1. The van der Waals surface area contributed by atoms with E-state index in [0.29, 0.717) is 37.0 Å². The second-order valence-corrected chi connectivity index (χ2v) is 5.95. The third-order valence-corrected chi connectivity index (χ3v) is 4.04. The molecule has 0 aliphatic carbocycles. The molecule has 0 bridgehead atoms. The highest BCUT2D eigenvalue weighted by Gasteiger charge is 2.14. The normalized spacial score (nSPS) is 15.1. The summed E-state index contributed by atoms with van der Waals surface area (Å²) < 4.78 is 6.65. The van der Waals surface area contributed by atoms with E-state index in [0.717, 1.165) is 0 Å². The Balaban J connectivity index is 2.04. The Morgan fingerprint density at radius 3 is 2.83 bits per heavy atom. The van der Waals surface area contributed by atoms with Gasteiger partial charge in [0.15, 0.2) is 4.77 Å². The number of aromatic hydroxyl groups is 1. The number of rotatable bonds is 3. The first-order chi connectivity index (χ1) is 11.6. The van der Waals surface area contributed by atoms with Gasteiger partial charge in [-0.25, -0.2) is 0 Å². The predicted molar refractivity (Wildman–Crippen MR) is 93.9 cm³/mol. The monoisotopic (exact) mass is 366 g/mol. The topological polar surface area (TPSA) is 82.8 Å². The van der Waals surface area contributed by atoms with Crippen LogP contribution in [0.2, 0.25) is 5.02 Å². The van der Waals surface area contributed by atoms with Crippen molar-refractivity contribution >= 4 is 30.0 Å². The van der Waals surface area contributed by atoms with Gasteiger partial charge in [-0.2, -0.15) is 5.10 Å². The summed E-state index contributed by atoms with van der Waals surface area (Å²) in [7, 11) is 0. The molecule has 1 aliphatic rings. The number of hydrazone groups is 1. The zero-order chi connectivity index (χ0) is 17.1. The number of ether oxygens (including phenoxy) is 1. The minimum absolute atomic E-state index is 0.0232. The number of hydrogen-bond donors (Lipinski definition) is 2. The second kappa shape index (κ2) is 7.16. The van der Waals surface area contributed by atoms with E-state index in [2.05, 4.69) is 10.1 Å². The van der Waals surface area contributed by atoms with Gasteiger partial charge in [-0.15, -0.1) is 0 Å². The van der Waals surface area contributed by atoms with Crippen molar-refractivity contribution in [3.05, 3.63) is 50.0 Å². The fraction of sp³-hybridized carbons (Fsp3) is 0.267. The molecule has 1 aliphatic heterocycles. The molecular formula is C15H15ClN4O3S. The molecule has 24 heavy (non-hydrogen) atoms. The summed E-state index contributed by atoms with van der Waals surface area (Å²) in [5.41, 5.74) is 0.0603. The quantitative estimate of drug-likeness (QED) is 0.640. The average Bonchev–Trinajstić information content (AvgIpc) is 2.55. The van der Waals surface area contributed by atoms with Crippen molar-refractivity contribution in [2.45, 2.75) is 0 Å². The van der Waals surface area contributed by atoms with Gasteiger partial charge in [0, 0.05) is 5.02 Å². The van der Waals surface area contributed by atoms with Crippen LogP contribution < -0.4 is 5.56 Å². The first-order valence-electron chi connectivity index (χ1n) is 7.27. The third kappa shape index (κ3) is 3.50. The summed E-state index contributed by atoms with van der Waals surface area (Å²) in [6.07, 6.45) is 1.33. The molecule has 1 aromatic carbocycles. The summed E-state index contributed by atoms with van der Waals surface area (Å²) in [5, 5.41) is 17.0. The number of halogens is 1. The summed E-state index contributed by atoms with van der Waals surface area (Å²) in [6, 6.07) is 6.80. The molecule has 2 heterocycles.